The van der Waals surface area contributed by atoms with Gasteiger partial charge in [-0.3, -0.25) is 14.5 Å². The van der Waals surface area contributed by atoms with Crippen LogP contribution in [0.1, 0.15) is 21.7 Å². The van der Waals surface area contributed by atoms with Crippen LogP contribution in [0.5, 0.6) is 0 Å². The van der Waals surface area contributed by atoms with Crippen molar-refractivity contribution in [2.75, 3.05) is 26.2 Å². The third kappa shape index (κ3) is 3.88. The molecule has 2 heterocycles. The Hall–Kier alpha value is -1.83. The van der Waals surface area contributed by atoms with Gasteiger partial charge >= 0.3 is 6.18 Å². The summed E-state index contributed by atoms with van der Waals surface area (Å²) in [6.07, 6.45) is -4.33. The number of ketones is 1. The van der Waals surface area contributed by atoms with Crippen molar-refractivity contribution >= 4 is 11.7 Å². The summed E-state index contributed by atoms with van der Waals surface area (Å²) < 4.78 is 38.8. The van der Waals surface area contributed by atoms with Gasteiger partial charge in [-0.15, -0.1) is 0 Å². The fourth-order valence-corrected chi connectivity index (χ4v) is 2.62. The molecular weight excluding hydrogens is 299 g/mol. The van der Waals surface area contributed by atoms with Gasteiger partial charge in [-0.05, 0) is 19.9 Å². The second-order valence-corrected chi connectivity index (χ2v) is 5.47. The van der Waals surface area contributed by atoms with Gasteiger partial charge in [0.25, 0.3) is 0 Å². The smallest absolute Gasteiger partial charge is 0.354 e. The number of amides is 1. The van der Waals surface area contributed by atoms with Gasteiger partial charge in [0, 0.05) is 30.0 Å². The van der Waals surface area contributed by atoms with E-state index in [0.717, 1.165) is 4.57 Å². The maximum absolute atomic E-state index is 12.6. The van der Waals surface area contributed by atoms with Gasteiger partial charge in [-0.1, -0.05) is 0 Å². The van der Waals surface area contributed by atoms with Crippen LogP contribution in [0.4, 0.5) is 13.2 Å². The second kappa shape index (κ2) is 6.12. The van der Waals surface area contributed by atoms with Crippen LogP contribution in [-0.2, 0) is 11.3 Å². The maximum atomic E-state index is 12.6. The fraction of sp³-hybridized carbons (Fsp3) is 0.571. The number of aryl methyl sites for hydroxylation is 1. The zero-order chi connectivity index (χ0) is 16.5. The molecule has 0 aromatic carbocycles. The molecule has 122 valence electrons. The molecule has 1 aliphatic heterocycles. The number of rotatable bonds is 4. The molecule has 0 bridgehead atoms. The van der Waals surface area contributed by atoms with E-state index >= 15 is 0 Å². The molecule has 2 rings (SSSR count). The van der Waals surface area contributed by atoms with Crippen molar-refractivity contribution in [3.63, 3.8) is 0 Å². The molecule has 0 spiro atoms. The Morgan fingerprint density at radius 2 is 2.05 bits per heavy atom. The van der Waals surface area contributed by atoms with E-state index in [2.05, 4.69) is 5.32 Å². The number of hydrogen-bond donors (Lipinski definition) is 1. The van der Waals surface area contributed by atoms with E-state index in [9.17, 15) is 22.8 Å². The lowest BCUT2D eigenvalue weighted by atomic mass is 10.1. The highest BCUT2D eigenvalue weighted by Crippen LogP contribution is 2.23. The zero-order valence-electron chi connectivity index (χ0n) is 12.5. The van der Waals surface area contributed by atoms with Gasteiger partial charge in [0.05, 0.1) is 13.1 Å². The average molecular weight is 317 g/mol. The minimum atomic E-state index is -4.33. The van der Waals surface area contributed by atoms with Crippen LogP contribution in [0.3, 0.4) is 0 Å². The lowest BCUT2D eigenvalue weighted by molar-refractivity contribution is -0.141. The highest BCUT2D eigenvalue weighted by atomic mass is 19.4. The summed E-state index contributed by atoms with van der Waals surface area (Å²) in [5.74, 6) is -0.419. The number of alkyl halides is 3. The number of nitrogens with zero attached hydrogens (tertiary/aromatic N) is 2. The van der Waals surface area contributed by atoms with E-state index in [-0.39, 0.29) is 30.3 Å². The van der Waals surface area contributed by atoms with Gasteiger partial charge in [0.1, 0.15) is 6.54 Å². The number of carbonyl (C=O) groups excluding carboxylic acids is 2. The lowest BCUT2D eigenvalue weighted by Crippen LogP contribution is -2.49. The Labute approximate surface area is 126 Å². The van der Waals surface area contributed by atoms with Gasteiger partial charge in [-0.2, -0.15) is 13.2 Å². The van der Waals surface area contributed by atoms with E-state index in [1.165, 1.54) is 13.0 Å². The van der Waals surface area contributed by atoms with Gasteiger partial charge in [0.15, 0.2) is 5.78 Å². The maximum Gasteiger partial charge on any atom is 0.406 e. The summed E-state index contributed by atoms with van der Waals surface area (Å²) in [4.78, 5) is 25.3. The molecule has 0 aliphatic carbocycles. The van der Waals surface area contributed by atoms with Crippen molar-refractivity contribution in [3.8, 4) is 0 Å². The third-order valence-corrected chi connectivity index (χ3v) is 3.70. The molecule has 0 unspecified atom stereocenters. The van der Waals surface area contributed by atoms with E-state index < -0.39 is 12.7 Å². The molecule has 0 saturated carbocycles. The highest BCUT2D eigenvalue weighted by Gasteiger charge is 2.30. The number of halogens is 3. The van der Waals surface area contributed by atoms with Gasteiger partial charge in [-0.25, -0.2) is 0 Å². The molecule has 1 saturated heterocycles. The Balaban J connectivity index is 2.13. The topological polar surface area (TPSA) is 54.3 Å². The first kappa shape index (κ1) is 16.5. The molecule has 0 radical (unpaired) electrons. The van der Waals surface area contributed by atoms with Crippen LogP contribution >= 0.6 is 0 Å². The summed E-state index contributed by atoms with van der Waals surface area (Å²) in [6, 6.07) is 1.48. The molecule has 1 fully saturated rings. The first-order chi connectivity index (χ1) is 10.2. The molecule has 1 aromatic rings. The number of aromatic nitrogens is 1. The lowest BCUT2D eigenvalue weighted by Gasteiger charge is -2.25. The number of nitrogens with one attached hydrogen (secondary N) is 1. The molecular formula is C14H18F3N3O2. The first-order valence-corrected chi connectivity index (χ1v) is 6.93. The highest BCUT2D eigenvalue weighted by molar-refractivity contribution is 5.99. The van der Waals surface area contributed by atoms with Crippen molar-refractivity contribution in [1.82, 2.24) is 14.8 Å². The number of Topliss-reactive ketones (excluding diaryl/α,β-unsaturated/α-hetero) is 1. The number of piperazine rings is 1. The van der Waals surface area contributed by atoms with Crippen molar-refractivity contribution < 1.29 is 22.8 Å². The average Bonchev–Trinajstić information content (AvgIpc) is 2.65. The SMILES string of the molecule is Cc1cc(C(=O)CN2CCNC(=O)C2)c(C)n1CC(F)(F)F. The summed E-state index contributed by atoms with van der Waals surface area (Å²) in [6.45, 7) is 3.14. The minimum absolute atomic E-state index is 0.0315. The molecule has 5 nitrogen and oxygen atoms in total. The van der Waals surface area contributed by atoms with Gasteiger partial charge < -0.3 is 9.88 Å². The van der Waals surface area contributed by atoms with Gasteiger partial charge in [0.2, 0.25) is 5.91 Å². The van der Waals surface area contributed by atoms with Crippen molar-refractivity contribution in [1.29, 1.82) is 0 Å². The Morgan fingerprint density at radius 3 is 2.64 bits per heavy atom. The van der Waals surface area contributed by atoms with Crippen LogP contribution in [0.2, 0.25) is 0 Å². The summed E-state index contributed by atoms with van der Waals surface area (Å²) in [5, 5.41) is 2.65. The summed E-state index contributed by atoms with van der Waals surface area (Å²) in [5.41, 5.74) is 0.989. The van der Waals surface area contributed by atoms with Crippen LogP contribution in [0, 0.1) is 13.8 Å². The predicted octanol–water partition coefficient (Wildman–Crippen LogP) is 1.28. The van der Waals surface area contributed by atoms with E-state index in [1.54, 1.807) is 11.8 Å². The standard InChI is InChI=1S/C14H18F3N3O2/c1-9-5-11(10(2)20(9)8-14(15,16)17)12(21)6-19-4-3-18-13(22)7-19/h5H,3-4,6-8H2,1-2H3,(H,18,22). The normalized spacial score (nSPS) is 16.7. The molecule has 0 atom stereocenters. The number of carbonyl (C=O) groups is 2. The van der Waals surface area contributed by atoms with Crippen LogP contribution in [0.15, 0.2) is 6.07 Å². The first-order valence-electron chi connectivity index (χ1n) is 6.93. The minimum Gasteiger partial charge on any atom is -0.354 e. The van der Waals surface area contributed by atoms with Crippen molar-refractivity contribution in [2.24, 2.45) is 0 Å². The molecule has 8 heteroatoms. The summed E-state index contributed by atoms with van der Waals surface area (Å²) in [7, 11) is 0. The third-order valence-electron chi connectivity index (χ3n) is 3.70. The summed E-state index contributed by atoms with van der Waals surface area (Å²) >= 11 is 0. The van der Waals surface area contributed by atoms with Crippen LogP contribution in [-0.4, -0.2) is 53.5 Å². The van der Waals surface area contributed by atoms with E-state index in [0.29, 0.717) is 24.5 Å². The Morgan fingerprint density at radius 1 is 1.36 bits per heavy atom. The molecule has 1 aromatic heterocycles. The van der Waals surface area contributed by atoms with Crippen molar-refractivity contribution in [2.45, 2.75) is 26.6 Å². The molecule has 1 amide bonds. The monoisotopic (exact) mass is 317 g/mol. The van der Waals surface area contributed by atoms with Crippen LogP contribution in [0.25, 0.3) is 0 Å². The molecule has 1 aliphatic rings. The van der Waals surface area contributed by atoms with Crippen LogP contribution < -0.4 is 5.32 Å². The van der Waals surface area contributed by atoms with E-state index in [1.807, 2.05) is 0 Å². The quantitative estimate of drug-likeness (QED) is 0.851. The van der Waals surface area contributed by atoms with E-state index in [4.69, 9.17) is 0 Å². The largest absolute Gasteiger partial charge is 0.406 e. The molecule has 1 N–H and O–H groups in total. The van der Waals surface area contributed by atoms with Crippen molar-refractivity contribution in [3.05, 3.63) is 23.0 Å². The molecule has 22 heavy (non-hydrogen) atoms. The zero-order valence-corrected chi connectivity index (χ0v) is 12.5. The second-order valence-electron chi connectivity index (χ2n) is 5.47. The fourth-order valence-electron chi connectivity index (χ4n) is 2.62. The predicted molar refractivity (Wildman–Crippen MR) is 73.7 cm³/mol. The Bertz CT molecular complexity index is 593. The number of hydrogen-bond acceptors (Lipinski definition) is 3. The Kier molecular flexibility index (Phi) is 4.60.